The highest BCUT2D eigenvalue weighted by molar-refractivity contribution is 7.73. The maximum absolute atomic E-state index is 4.76. The summed E-state index contributed by atoms with van der Waals surface area (Å²) in [5.74, 6) is 0. The number of hydrogen-bond donors (Lipinski definition) is 0. The van der Waals surface area contributed by atoms with Crippen LogP contribution >= 0.6 is 15.8 Å². The van der Waals surface area contributed by atoms with E-state index in [0.29, 0.717) is 0 Å². The van der Waals surface area contributed by atoms with E-state index in [2.05, 4.69) is 135 Å². The van der Waals surface area contributed by atoms with Crippen molar-refractivity contribution < 1.29 is 0 Å². The van der Waals surface area contributed by atoms with Crippen LogP contribution in [-0.2, 0) is 0 Å². The molecule has 184 valence electrons. The van der Waals surface area contributed by atoms with Gasteiger partial charge in [-0.05, 0) is 74.0 Å². The molecule has 0 heterocycles. The van der Waals surface area contributed by atoms with E-state index in [0.717, 1.165) is 18.7 Å². The summed E-state index contributed by atoms with van der Waals surface area (Å²) in [5, 5.41) is 5.72. The van der Waals surface area contributed by atoms with Crippen LogP contribution in [0.4, 0.5) is 0 Å². The average Bonchev–Trinajstić information content (AvgIpc) is 2.95. The largest absolute Gasteiger partial charge is 0.0912 e. The molecule has 0 amide bonds. The van der Waals surface area contributed by atoms with Crippen LogP contribution in [0.1, 0.15) is 20.3 Å². The lowest BCUT2D eigenvalue weighted by atomic mass is 9.85. The van der Waals surface area contributed by atoms with E-state index in [4.69, 9.17) is 6.58 Å². The minimum absolute atomic E-state index is 0.504. The molecule has 0 aromatic heterocycles. The maximum Gasteiger partial charge on any atom is 0.00128 e. The molecule has 0 radical (unpaired) electrons. The van der Waals surface area contributed by atoms with Crippen molar-refractivity contribution in [2.24, 2.45) is 0 Å². The van der Waals surface area contributed by atoms with E-state index in [9.17, 15) is 0 Å². The summed E-state index contributed by atoms with van der Waals surface area (Å²) in [6, 6.07) is 44.2. The zero-order valence-electron chi connectivity index (χ0n) is 21.8. The van der Waals surface area contributed by atoms with E-state index in [1.807, 2.05) is 0 Å². The van der Waals surface area contributed by atoms with E-state index < -0.39 is 15.8 Å². The predicted molar refractivity (Wildman–Crippen MR) is 167 cm³/mol. The number of allylic oxidation sites excluding steroid dienone is 5. The summed E-state index contributed by atoms with van der Waals surface area (Å²) in [4.78, 5) is 0. The number of hydrogen-bond acceptors (Lipinski definition) is 0. The molecule has 37 heavy (non-hydrogen) atoms. The average molecular weight is 517 g/mol. The lowest BCUT2D eigenvalue weighted by Gasteiger charge is -2.31. The minimum Gasteiger partial charge on any atom is -0.0912 e. The highest BCUT2D eigenvalue weighted by atomic mass is 31.1. The Morgan fingerprint density at radius 2 is 0.757 bits per heavy atom. The molecule has 0 fully saturated rings. The molecule has 0 nitrogen and oxygen atoms in total. The van der Waals surface area contributed by atoms with Crippen molar-refractivity contribution in [2.45, 2.75) is 20.3 Å². The van der Waals surface area contributed by atoms with Crippen molar-refractivity contribution in [1.29, 1.82) is 0 Å². The first-order chi connectivity index (χ1) is 18.1. The molecule has 0 saturated carbocycles. The molecular weight excluding hydrogens is 482 g/mol. The van der Waals surface area contributed by atoms with Gasteiger partial charge >= 0.3 is 0 Å². The van der Waals surface area contributed by atoms with Crippen LogP contribution in [0.5, 0.6) is 0 Å². The Labute approximate surface area is 225 Å². The van der Waals surface area contributed by atoms with Gasteiger partial charge in [-0.25, -0.2) is 0 Å². The Bertz CT molecular complexity index is 1210. The van der Waals surface area contributed by atoms with Crippen LogP contribution in [0.25, 0.3) is 0 Å². The van der Waals surface area contributed by atoms with Crippen LogP contribution in [-0.4, -0.2) is 12.3 Å². The monoisotopic (exact) mass is 516 g/mol. The maximum atomic E-state index is 4.76. The Kier molecular flexibility index (Phi) is 8.31. The van der Waals surface area contributed by atoms with Gasteiger partial charge in [0.1, 0.15) is 0 Å². The molecule has 1 aliphatic carbocycles. The van der Waals surface area contributed by atoms with Crippen molar-refractivity contribution in [3.05, 3.63) is 156 Å². The highest BCUT2D eigenvalue weighted by Crippen LogP contribution is 2.46. The summed E-state index contributed by atoms with van der Waals surface area (Å²) in [7, 11) is -1.01. The van der Waals surface area contributed by atoms with Gasteiger partial charge in [0.15, 0.2) is 0 Å². The van der Waals surface area contributed by atoms with Gasteiger partial charge in [0.2, 0.25) is 0 Å². The molecule has 0 unspecified atom stereocenters. The van der Waals surface area contributed by atoms with Gasteiger partial charge in [-0.15, -0.1) is 0 Å². The quantitative estimate of drug-likeness (QED) is 0.209. The number of benzene rings is 4. The highest BCUT2D eigenvalue weighted by Gasteiger charge is 2.26. The zero-order chi connectivity index (χ0) is 25.6. The molecule has 0 aliphatic heterocycles. The Morgan fingerprint density at radius 1 is 0.486 bits per heavy atom. The Balaban J connectivity index is 1.48. The molecule has 0 N–H and O–H groups in total. The third-order valence-electron chi connectivity index (χ3n) is 7.19. The van der Waals surface area contributed by atoms with Crippen molar-refractivity contribution in [2.75, 3.05) is 12.3 Å². The van der Waals surface area contributed by atoms with Crippen LogP contribution < -0.4 is 21.2 Å². The molecule has 0 spiro atoms. The van der Waals surface area contributed by atoms with Gasteiger partial charge in [-0.3, -0.25) is 0 Å². The standard InChI is InChI=1S/C35H34P2/c1-27-24-28(2)35(26-37(32-20-12-6-13-21-32)33-22-14-7-15-23-33)29(3)34(27)25-36(30-16-8-4-9-17-30)31-18-10-5-11-19-31/h4-23H,3,24-26H2,1-2H3. The number of rotatable bonds is 8. The van der Waals surface area contributed by atoms with Crippen LogP contribution in [0.2, 0.25) is 0 Å². The van der Waals surface area contributed by atoms with Gasteiger partial charge in [0.05, 0.1) is 0 Å². The Morgan fingerprint density at radius 3 is 1.03 bits per heavy atom. The molecule has 1 aliphatic rings. The fraction of sp³-hybridized carbons (Fsp3) is 0.143. The summed E-state index contributed by atoms with van der Waals surface area (Å²) in [5.41, 5.74) is 7.16. The molecule has 5 rings (SSSR count). The summed E-state index contributed by atoms with van der Waals surface area (Å²) < 4.78 is 0. The van der Waals surface area contributed by atoms with Gasteiger partial charge in [-0.1, -0.05) is 139 Å². The fourth-order valence-electron chi connectivity index (χ4n) is 5.18. The molecule has 4 aromatic carbocycles. The van der Waals surface area contributed by atoms with Crippen molar-refractivity contribution in [1.82, 2.24) is 0 Å². The molecular formula is C35H34P2. The SMILES string of the molecule is C=C1C(CP(c2ccccc2)c2ccccc2)=C(C)CC(C)=C1CP(c1ccccc1)c1ccccc1. The lowest BCUT2D eigenvalue weighted by Crippen LogP contribution is -2.20. The van der Waals surface area contributed by atoms with Gasteiger partial charge in [-0.2, -0.15) is 0 Å². The van der Waals surface area contributed by atoms with Crippen LogP contribution in [0, 0.1) is 0 Å². The molecule has 2 heteroatoms. The van der Waals surface area contributed by atoms with E-state index in [-0.39, 0.29) is 0 Å². The summed E-state index contributed by atoms with van der Waals surface area (Å²) >= 11 is 0. The third-order valence-corrected chi connectivity index (χ3v) is 12.1. The van der Waals surface area contributed by atoms with Gasteiger partial charge in [0.25, 0.3) is 0 Å². The van der Waals surface area contributed by atoms with Crippen molar-refractivity contribution in [3.63, 3.8) is 0 Å². The molecule has 4 aromatic rings. The smallest absolute Gasteiger partial charge is 0.00128 e. The molecule has 0 bridgehead atoms. The second-order valence-electron chi connectivity index (χ2n) is 9.69. The Hall–Kier alpha value is -3.04. The normalized spacial score (nSPS) is 14.1. The first-order valence-electron chi connectivity index (χ1n) is 12.9. The van der Waals surface area contributed by atoms with Gasteiger partial charge < -0.3 is 0 Å². The predicted octanol–water partition coefficient (Wildman–Crippen LogP) is 7.85. The van der Waals surface area contributed by atoms with E-state index in [1.165, 1.54) is 49.1 Å². The van der Waals surface area contributed by atoms with Crippen LogP contribution in [0.15, 0.2) is 156 Å². The second-order valence-corrected chi connectivity index (χ2v) is 14.1. The van der Waals surface area contributed by atoms with E-state index >= 15 is 0 Å². The molecule has 0 atom stereocenters. The first-order valence-corrected chi connectivity index (χ1v) is 16.0. The summed E-state index contributed by atoms with van der Waals surface area (Å²) in [6.45, 7) is 9.41. The third kappa shape index (κ3) is 5.93. The lowest BCUT2D eigenvalue weighted by molar-refractivity contribution is 1.01. The fourth-order valence-corrected chi connectivity index (χ4v) is 10.2. The first kappa shape index (κ1) is 25.6. The van der Waals surface area contributed by atoms with Crippen molar-refractivity contribution >= 4 is 37.1 Å². The van der Waals surface area contributed by atoms with Crippen molar-refractivity contribution in [3.8, 4) is 0 Å². The second kappa shape index (κ2) is 12.0. The van der Waals surface area contributed by atoms with Crippen LogP contribution in [0.3, 0.4) is 0 Å². The zero-order valence-corrected chi connectivity index (χ0v) is 23.6. The minimum atomic E-state index is -0.504. The van der Waals surface area contributed by atoms with Gasteiger partial charge in [0, 0.05) is 12.3 Å². The molecule has 0 saturated heterocycles. The topological polar surface area (TPSA) is 0 Å². The van der Waals surface area contributed by atoms with E-state index in [1.54, 1.807) is 0 Å². The summed E-state index contributed by atoms with van der Waals surface area (Å²) in [6.07, 6.45) is 3.13.